The van der Waals surface area contributed by atoms with Crippen LogP contribution in [0, 0.1) is 6.92 Å². The molecule has 8 heteroatoms. The van der Waals surface area contributed by atoms with Crippen molar-refractivity contribution in [2.75, 3.05) is 11.9 Å². The number of hydrogen-bond acceptors (Lipinski definition) is 6. The van der Waals surface area contributed by atoms with E-state index in [4.69, 9.17) is 9.47 Å². The molecule has 8 nitrogen and oxygen atoms in total. The Bertz CT molecular complexity index is 815. The second kappa shape index (κ2) is 10.2. The number of unbranched alkanes of at least 4 members (excludes halogenated alkanes) is 2. The van der Waals surface area contributed by atoms with Gasteiger partial charge in [-0.15, -0.1) is 5.10 Å². The number of aromatic nitrogens is 4. The van der Waals surface area contributed by atoms with Gasteiger partial charge in [0, 0.05) is 7.05 Å². The second-order valence-corrected chi connectivity index (χ2v) is 7.54. The average molecular weight is 402 g/mol. The Kier molecular flexibility index (Phi) is 7.43. The van der Waals surface area contributed by atoms with Gasteiger partial charge in [-0.2, -0.15) is 0 Å². The predicted octanol–water partition coefficient (Wildman–Crippen LogP) is 4.64. The SMILES string of the molecule is CCCCCOC(=O)Nc1c(-c2ccc(OC3CCCCC3)c(C)n2)nnn1C. The highest BCUT2D eigenvalue weighted by Crippen LogP contribution is 2.29. The minimum absolute atomic E-state index is 0.270. The van der Waals surface area contributed by atoms with Crippen molar-refractivity contribution in [3.63, 3.8) is 0 Å². The van der Waals surface area contributed by atoms with Crippen molar-refractivity contribution in [2.45, 2.75) is 71.3 Å². The fraction of sp³-hybridized carbons (Fsp3) is 0.619. The molecule has 2 heterocycles. The van der Waals surface area contributed by atoms with E-state index in [1.165, 1.54) is 23.9 Å². The first-order chi connectivity index (χ1) is 14.1. The Labute approximate surface area is 172 Å². The summed E-state index contributed by atoms with van der Waals surface area (Å²) in [5.41, 5.74) is 1.94. The Morgan fingerprint density at radius 2 is 2.03 bits per heavy atom. The first kappa shape index (κ1) is 21.1. The molecule has 1 fully saturated rings. The Morgan fingerprint density at radius 3 is 2.76 bits per heavy atom. The van der Waals surface area contributed by atoms with Crippen molar-refractivity contribution in [1.29, 1.82) is 0 Å². The maximum absolute atomic E-state index is 12.1. The van der Waals surface area contributed by atoms with Gasteiger partial charge in [-0.05, 0) is 51.2 Å². The van der Waals surface area contributed by atoms with E-state index in [0.29, 0.717) is 23.8 Å². The predicted molar refractivity (Wildman–Crippen MR) is 111 cm³/mol. The van der Waals surface area contributed by atoms with Crippen molar-refractivity contribution < 1.29 is 14.3 Å². The van der Waals surface area contributed by atoms with Crippen LogP contribution in [0.5, 0.6) is 5.75 Å². The number of amides is 1. The first-order valence-corrected chi connectivity index (χ1v) is 10.6. The van der Waals surface area contributed by atoms with Crippen molar-refractivity contribution in [2.24, 2.45) is 7.05 Å². The zero-order valence-corrected chi connectivity index (χ0v) is 17.6. The molecule has 0 unspecified atom stereocenters. The van der Waals surface area contributed by atoms with Gasteiger partial charge in [0.15, 0.2) is 11.5 Å². The number of nitrogens with zero attached hydrogens (tertiary/aromatic N) is 4. The standard InChI is InChI=1S/C21H31N5O3/c1-4-5-9-14-28-21(27)23-20-19(24-25-26(20)3)17-12-13-18(15(2)22-17)29-16-10-7-6-8-11-16/h12-13,16H,4-11,14H2,1-3H3,(H,23,27). The van der Waals surface area contributed by atoms with Crippen LogP contribution in [0.15, 0.2) is 12.1 Å². The summed E-state index contributed by atoms with van der Waals surface area (Å²) in [4.78, 5) is 16.8. The smallest absolute Gasteiger partial charge is 0.412 e. The summed E-state index contributed by atoms with van der Waals surface area (Å²) in [5, 5.41) is 10.9. The van der Waals surface area contributed by atoms with Crippen molar-refractivity contribution >= 4 is 11.9 Å². The summed E-state index contributed by atoms with van der Waals surface area (Å²) in [6, 6.07) is 3.78. The van der Waals surface area contributed by atoms with E-state index in [0.717, 1.165) is 43.5 Å². The molecule has 29 heavy (non-hydrogen) atoms. The fourth-order valence-electron chi connectivity index (χ4n) is 3.49. The van der Waals surface area contributed by atoms with Gasteiger partial charge < -0.3 is 9.47 Å². The summed E-state index contributed by atoms with van der Waals surface area (Å²) < 4.78 is 12.9. The Hall–Kier alpha value is -2.64. The fourth-order valence-corrected chi connectivity index (χ4v) is 3.49. The van der Waals surface area contributed by atoms with E-state index >= 15 is 0 Å². The zero-order chi connectivity index (χ0) is 20.6. The van der Waals surface area contributed by atoms with Gasteiger partial charge in [-0.3, -0.25) is 5.32 Å². The quantitative estimate of drug-likeness (QED) is 0.648. The summed E-state index contributed by atoms with van der Waals surface area (Å²) in [6.07, 6.45) is 8.64. The van der Waals surface area contributed by atoms with Crippen LogP contribution in [0.1, 0.15) is 64.0 Å². The van der Waals surface area contributed by atoms with Gasteiger partial charge >= 0.3 is 6.09 Å². The Balaban J connectivity index is 1.68. The summed E-state index contributed by atoms with van der Waals surface area (Å²) >= 11 is 0. The third kappa shape index (κ3) is 5.68. The zero-order valence-electron chi connectivity index (χ0n) is 17.6. The molecule has 2 aromatic heterocycles. The van der Waals surface area contributed by atoms with Crippen LogP contribution >= 0.6 is 0 Å². The van der Waals surface area contributed by atoms with E-state index in [2.05, 4.69) is 27.5 Å². The van der Waals surface area contributed by atoms with Crippen molar-refractivity contribution in [1.82, 2.24) is 20.0 Å². The number of carbonyl (C=O) groups excluding carboxylic acids is 1. The molecule has 158 valence electrons. The first-order valence-electron chi connectivity index (χ1n) is 10.6. The molecule has 1 aliphatic rings. The molecule has 1 saturated carbocycles. The lowest BCUT2D eigenvalue weighted by Gasteiger charge is -2.23. The number of nitrogens with one attached hydrogen (secondary N) is 1. The molecule has 0 saturated heterocycles. The molecule has 0 bridgehead atoms. The van der Waals surface area contributed by atoms with E-state index < -0.39 is 6.09 Å². The highest BCUT2D eigenvalue weighted by molar-refractivity contribution is 5.88. The molecule has 1 N–H and O–H groups in total. The van der Waals surface area contributed by atoms with Crippen LogP contribution in [0.4, 0.5) is 10.6 Å². The largest absolute Gasteiger partial charge is 0.489 e. The second-order valence-electron chi connectivity index (χ2n) is 7.54. The molecular weight excluding hydrogens is 370 g/mol. The molecule has 0 aromatic carbocycles. The monoisotopic (exact) mass is 401 g/mol. The average Bonchev–Trinajstić information content (AvgIpc) is 3.08. The van der Waals surface area contributed by atoms with E-state index in [1.807, 2.05) is 19.1 Å². The van der Waals surface area contributed by atoms with Gasteiger partial charge in [-0.1, -0.05) is 31.4 Å². The minimum atomic E-state index is -0.512. The molecule has 0 spiro atoms. The van der Waals surface area contributed by atoms with Gasteiger partial charge in [0.1, 0.15) is 5.75 Å². The van der Waals surface area contributed by atoms with Crippen LogP contribution in [-0.2, 0) is 11.8 Å². The number of ether oxygens (including phenoxy) is 2. The highest BCUT2D eigenvalue weighted by atomic mass is 16.5. The number of rotatable bonds is 8. The lowest BCUT2D eigenvalue weighted by molar-refractivity contribution is 0.153. The molecule has 0 radical (unpaired) electrons. The molecule has 0 atom stereocenters. The molecule has 1 aliphatic carbocycles. The Morgan fingerprint density at radius 1 is 1.24 bits per heavy atom. The number of pyridine rings is 1. The molecule has 1 amide bonds. The van der Waals surface area contributed by atoms with E-state index in [1.54, 1.807) is 7.05 Å². The lowest BCUT2D eigenvalue weighted by atomic mass is 9.98. The molecule has 2 aromatic rings. The van der Waals surface area contributed by atoms with Crippen LogP contribution < -0.4 is 10.1 Å². The van der Waals surface area contributed by atoms with Crippen molar-refractivity contribution in [3.05, 3.63) is 17.8 Å². The molecule has 3 rings (SSSR count). The van der Waals surface area contributed by atoms with Crippen LogP contribution in [0.25, 0.3) is 11.4 Å². The van der Waals surface area contributed by atoms with E-state index in [9.17, 15) is 4.79 Å². The third-order valence-electron chi connectivity index (χ3n) is 5.15. The number of hydrogen-bond donors (Lipinski definition) is 1. The van der Waals surface area contributed by atoms with Crippen LogP contribution in [-0.4, -0.2) is 38.8 Å². The third-order valence-corrected chi connectivity index (χ3v) is 5.15. The minimum Gasteiger partial charge on any atom is -0.489 e. The highest BCUT2D eigenvalue weighted by Gasteiger charge is 2.20. The summed E-state index contributed by atoms with van der Waals surface area (Å²) in [5.74, 6) is 1.26. The lowest BCUT2D eigenvalue weighted by Crippen LogP contribution is -2.20. The molecule has 0 aliphatic heterocycles. The number of carbonyl (C=O) groups is 1. The van der Waals surface area contributed by atoms with Crippen LogP contribution in [0.3, 0.4) is 0 Å². The number of aryl methyl sites for hydroxylation is 2. The summed E-state index contributed by atoms with van der Waals surface area (Å²) in [7, 11) is 1.72. The molecular formula is C21H31N5O3. The van der Waals surface area contributed by atoms with Gasteiger partial charge in [0.25, 0.3) is 0 Å². The van der Waals surface area contributed by atoms with Crippen LogP contribution in [0.2, 0.25) is 0 Å². The van der Waals surface area contributed by atoms with Gasteiger partial charge in [-0.25, -0.2) is 14.5 Å². The topological polar surface area (TPSA) is 91.2 Å². The summed E-state index contributed by atoms with van der Waals surface area (Å²) in [6.45, 7) is 4.42. The maximum atomic E-state index is 12.1. The van der Waals surface area contributed by atoms with Gasteiger partial charge in [0.2, 0.25) is 0 Å². The van der Waals surface area contributed by atoms with Crippen molar-refractivity contribution in [3.8, 4) is 17.1 Å². The number of anilines is 1. The maximum Gasteiger partial charge on any atom is 0.412 e. The van der Waals surface area contributed by atoms with Gasteiger partial charge in [0.05, 0.1) is 24.1 Å². The van der Waals surface area contributed by atoms with E-state index in [-0.39, 0.29) is 6.10 Å². The normalized spacial score (nSPS) is 14.6.